The third-order valence-corrected chi connectivity index (χ3v) is 8.65. The van der Waals surface area contributed by atoms with Crippen LogP contribution >= 0.6 is 34.8 Å². The van der Waals surface area contributed by atoms with E-state index in [0.717, 1.165) is 5.56 Å². The van der Waals surface area contributed by atoms with Crippen LogP contribution in [0.15, 0.2) is 60.7 Å². The second kappa shape index (κ2) is 12.5. The Bertz CT molecular complexity index is 1530. The van der Waals surface area contributed by atoms with E-state index >= 15 is 4.39 Å². The zero-order chi connectivity index (χ0) is 30.8. The predicted molar refractivity (Wildman–Crippen MR) is 162 cm³/mol. The number of carbonyl (C=O) groups is 2. The molecule has 1 aliphatic heterocycles. The predicted octanol–water partition coefficient (Wildman–Crippen LogP) is 8.35. The number of esters is 1. The van der Waals surface area contributed by atoms with Crippen LogP contribution in [-0.4, -0.2) is 30.6 Å². The molecule has 0 aliphatic carbocycles. The van der Waals surface area contributed by atoms with E-state index in [1.165, 1.54) is 19.2 Å². The van der Waals surface area contributed by atoms with Crippen molar-refractivity contribution in [1.82, 2.24) is 10.2 Å². The number of halogens is 4. The number of amides is 2. The lowest BCUT2D eigenvalue weighted by atomic mass is 9.63. The Labute approximate surface area is 260 Å². The number of nitrogens with one attached hydrogen (secondary N) is 1. The quantitative estimate of drug-likeness (QED) is 0.278. The van der Waals surface area contributed by atoms with Crippen LogP contribution in [0.1, 0.15) is 60.3 Å². The molecule has 220 valence electrons. The number of carbonyl (C=O) groups excluding carboxylic acids is 2. The smallest absolute Gasteiger partial charge is 0.337 e. The molecule has 0 radical (unpaired) electrons. The van der Waals surface area contributed by atoms with E-state index in [4.69, 9.17) is 39.5 Å². The van der Waals surface area contributed by atoms with Gasteiger partial charge in [0.1, 0.15) is 11.2 Å². The van der Waals surface area contributed by atoms with E-state index in [2.05, 4.69) is 11.4 Å². The Hall–Kier alpha value is -3.31. The Morgan fingerprint density at radius 3 is 2.40 bits per heavy atom. The average Bonchev–Trinajstić information content (AvgIpc) is 3.25. The topological polar surface area (TPSA) is 82.4 Å². The van der Waals surface area contributed by atoms with Gasteiger partial charge in [-0.15, -0.1) is 0 Å². The summed E-state index contributed by atoms with van der Waals surface area (Å²) in [7, 11) is 1.30. The van der Waals surface area contributed by atoms with Gasteiger partial charge in [-0.05, 0) is 53.3 Å². The molecular formula is C32H31Cl3FN3O3. The van der Waals surface area contributed by atoms with Crippen LogP contribution in [0.4, 0.5) is 9.18 Å². The number of methoxy groups -OCH3 is 1. The second-order valence-corrected chi connectivity index (χ2v) is 12.8. The number of nitrogens with zero attached hydrogens (tertiary/aromatic N) is 2. The lowest BCUT2D eigenvalue weighted by molar-refractivity contribution is 0.0600. The fourth-order valence-corrected chi connectivity index (χ4v) is 6.40. The second-order valence-electron chi connectivity index (χ2n) is 11.6. The maximum atomic E-state index is 15.8. The van der Waals surface area contributed by atoms with Gasteiger partial charge < -0.3 is 15.0 Å². The van der Waals surface area contributed by atoms with Crippen molar-refractivity contribution in [2.75, 3.05) is 13.7 Å². The lowest BCUT2D eigenvalue weighted by Gasteiger charge is -2.38. The van der Waals surface area contributed by atoms with Crippen molar-refractivity contribution in [3.05, 3.63) is 104 Å². The highest BCUT2D eigenvalue weighted by Gasteiger charge is 2.59. The number of hydrogen-bond acceptors (Lipinski definition) is 4. The van der Waals surface area contributed by atoms with Crippen molar-refractivity contribution in [3.63, 3.8) is 0 Å². The van der Waals surface area contributed by atoms with Crippen molar-refractivity contribution in [3.8, 4) is 6.07 Å². The SMILES string of the molecule is COC(=O)c1ccc(CNC(=O)N2C[C@@H](CC(C)(C)C)[C@](C#N)(c3ccc(Cl)cc3F)[C@H]2c2cccc(Cl)c2Cl)cc1. The molecule has 0 spiro atoms. The van der Waals surface area contributed by atoms with Crippen LogP contribution in [-0.2, 0) is 16.7 Å². The molecule has 1 aliphatic rings. The molecule has 3 aromatic rings. The molecule has 0 bridgehead atoms. The molecular weight excluding hydrogens is 600 g/mol. The minimum Gasteiger partial charge on any atom is -0.465 e. The first-order valence-electron chi connectivity index (χ1n) is 13.3. The van der Waals surface area contributed by atoms with E-state index in [1.807, 2.05) is 20.8 Å². The van der Waals surface area contributed by atoms with Crippen molar-refractivity contribution in [2.24, 2.45) is 11.3 Å². The van der Waals surface area contributed by atoms with Crippen molar-refractivity contribution >= 4 is 46.8 Å². The van der Waals surface area contributed by atoms with Gasteiger partial charge in [-0.2, -0.15) is 5.26 Å². The first-order valence-corrected chi connectivity index (χ1v) is 14.5. The van der Waals surface area contributed by atoms with Gasteiger partial charge in [0.05, 0.1) is 34.8 Å². The molecule has 0 unspecified atom stereocenters. The maximum Gasteiger partial charge on any atom is 0.337 e. The molecule has 6 nitrogen and oxygen atoms in total. The molecule has 3 atom stereocenters. The van der Waals surface area contributed by atoms with Crippen LogP contribution < -0.4 is 5.32 Å². The zero-order valence-electron chi connectivity index (χ0n) is 23.7. The molecule has 2 amide bonds. The summed E-state index contributed by atoms with van der Waals surface area (Å²) < 4.78 is 20.5. The number of rotatable bonds is 6. The van der Waals surface area contributed by atoms with E-state index in [9.17, 15) is 14.9 Å². The Kier molecular flexibility index (Phi) is 9.42. The van der Waals surface area contributed by atoms with Gasteiger partial charge in [0, 0.05) is 29.6 Å². The van der Waals surface area contributed by atoms with Crippen LogP contribution in [0, 0.1) is 28.5 Å². The van der Waals surface area contributed by atoms with Gasteiger partial charge in [-0.25, -0.2) is 14.0 Å². The Morgan fingerprint density at radius 2 is 1.81 bits per heavy atom. The molecule has 0 aromatic heterocycles. The molecule has 1 fully saturated rings. The Morgan fingerprint density at radius 1 is 1.12 bits per heavy atom. The zero-order valence-corrected chi connectivity index (χ0v) is 25.9. The summed E-state index contributed by atoms with van der Waals surface area (Å²) >= 11 is 19.3. The van der Waals surface area contributed by atoms with Crippen molar-refractivity contribution < 1.29 is 18.7 Å². The molecule has 1 saturated heterocycles. The molecule has 3 aromatic carbocycles. The number of ether oxygens (including phenoxy) is 1. The first kappa shape index (κ1) is 31.6. The molecule has 0 saturated carbocycles. The molecule has 1 heterocycles. The van der Waals surface area contributed by atoms with Crippen LogP contribution in [0.2, 0.25) is 15.1 Å². The van der Waals surface area contributed by atoms with Gasteiger partial charge in [0.2, 0.25) is 0 Å². The fourth-order valence-electron chi connectivity index (χ4n) is 5.83. The summed E-state index contributed by atoms with van der Waals surface area (Å²) in [6.45, 7) is 6.42. The number of benzene rings is 3. The van der Waals surface area contributed by atoms with Crippen LogP contribution in [0.3, 0.4) is 0 Å². The van der Waals surface area contributed by atoms with Gasteiger partial charge in [0.25, 0.3) is 0 Å². The number of likely N-dealkylation sites (tertiary alicyclic amines) is 1. The highest BCUT2D eigenvalue weighted by molar-refractivity contribution is 6.42. The van der Waals surface area contributed by atoms with Gasteiger partial charge in [-0.3, -0.25) is 0 Å². The third kappa shape index (κ3) is 6.22. The van der Waals surface area contributed by atoms with Gasteiger partial charge >= 0.3 is 12.0 Å². The fraction of sp³-hybridized carbons (Fsp3) is 0.344. The maximum absolute atomic E-state index is 15.8. The standard InChI is InChI=1S/C32H31Cl3FN3O3/c1-31(2,3)15-21-17-39(30(41)38-16-19-8-10-20(11-9-19)29(40)42-4)28(23-6-5-7-25(34)27(23)35)32(21,18-37)24-13-12-22(33)14-26(24)36/h5-14,21,28H,15-17H2,1-4H3,(H,38,41)/t21-,28-,32-/m1/s1. The Balaban J connectivity index is 1.82. The van der Waals surface area contributed by atoms with E-state index in [0.29, 0.717) is 17.5 Å². The lowest BCUT2D eigenvalue weighted by Crippen LogP contribution is -2.43. The first-order chi connectivity index (χ1) is 19.8. The largest absolute Gasteiger partial charge is 0.465 e. The van der Waals surface area contributed by atoms with E-state index < -0.39 is 35.2 Å². The van der Waals surface area contributed by atoms with Gasteiger partial charge in [0.15, 0.2) is 0 Å². The summed E-state index contributed by atoms with van der Waals surface area (Å²) in [5.74, 6) is -1.57. The number of nitriles is 1. The van der Waals surface area contributed by atoms with Crippen molar-refractivity contribution in [2.45, 2.75) is 45.2 Å². The number of urea groups is 1. The number of hydrogen-bond donors (Lipinski definition) is 1. The summed E-state index contributed by atoms with van der Waals surface area (Å²) in [6.07, 6.45) is 0.510. The van der Waals surface area contributed by atoms with Crippen LogP contribution in [0.25, 0.3) is 0 Å². The molecule has 1 N–H and O–H groups in total. The van der Waals surface area contributed by atoms with E-state index in [1.54, 1.807) is 53.4 Å². The van der Waals surface area contributed by atoms with Crippen molar-refractivity contribution in [1.29, 1.82) is 5.26 Å². The minimum absolute atomic E-state index is 0.137. The van der Waals surface area contributed by atoms with Gasteiger partial charge in [-0.1, -0.05) is 85.9 Å². The summed E-state index contributed by atoms with van der Waals surface area (Å²) in [6, 6.07) is 16.9. The summed E-state index contributed by atoms with van der Waals surface area (Å²) in [5.41, 5.74) is -0.0692. The third-order valence-electron chi connectivity index (χ3n) is 7.58. The monoisotopic (exact) mass is 629 g/mol. The normalized spacial score (nSPS) is 20.2. The van der Waals surface area contributed by atoms with Crippen LogP contribution in [0.5, 0.6) is 0 Å². The molecule has 10 heteroatoms. The highest BCUT2D eigenvalue weighted by atomic mass is 35.5. The average molecular weight is 631 g/mol. The highest BCUT2D eigenvalue weighted by Crippen LogP contribution is 2.57. The molecule has 4 rings (SSSR count). The molecule has 42 heavy (non-hydrogen) atoms. The minimum atomic E-state index is -1.52. The summed E-state index contributed by atoms with van der Waals surface area (Å²) in [4.78, 5) is 27.3. The summed E-state index contributed by atoms with van der Waals surface area (Å²) in [5, 5.41) is 14.6. The van der Waals surface area contributed by atoms with E-state index in [-0.39, 0.29) is 39.1 Å².